The Morgan fingerprint density at radius 3 is 2.66 bits per heavy atom. The molecule has 4 rings (SSSR count). The summed E-state index contributed by atoms with van der Waals surface area (Å²) in [5.41, 5.74) is -0.999. The van der Waals surface area contributed by atoms with Crippen LogP contribution < -0.4 is 10.7 Å². The van der Waals surface area contributed by atoms with Gasteiger partial charge in [-0.25, -0.2) is 0 Å². The quantitative estimate of drug-likeness (QED) is 0.750. The Morgan fingerprint density at radius 2 is 1.93 bits per heavy atom. The predicted octanol–water partition coefficient (Wildman–Crippen LogP) is 1.84. The molecule has 2 amide bonds. The number of carbonyl (C=O) groups excluding carboxylic acids is 2. The average molecular weight is 403 g/mol. The maximum absolute atomic E-state index is 12.9. The van der Waals surface area contributed by atoms with Gasteiger partial charge >= 0.3 is 0 Å². The molecule has 0 radical (unpaired) electrons. The molecule has 8 nitrogen and oxygen atoms in total. The zero-order valence-corrected chi connectivity index (χ0v) is 16.9. The Hall–Kier alpha value is -2.35. The van der Waals surface area contributed by atoms with E-state index in [0.29, 0.717) is 25.5 Å². The summed E-state index contributed by atoms with van der Waals surface area (Å²) >= 11 is 0. The van der Waals surface area contributed by atoms with Crippen molar-refractivity contribution >= 4 is 11.8 Å². The van der Waals surface area contributed by atoms with Gasteiger partial charge in [0.15, 0.2) is 17.7 Å². The van der Waals surface area contributed by atoms with Crippen molar-refractivity contribution < 1.29 is 19.4 Å². The average Bonchev–Trinajstić information content (AvgIpc) is 2.97. The van der Waals surface area contributed by atoms with E-state index < -0.39 is 29.2 Å². The van der Waals surface area contributed by atoms with E-state index in [1.54, 1.807) is 4.90 Å². The van der Waals surface area contributed by atoms with Crippen molar-refractivity contribution in [3.05, 3.63) is 27.7 Å². The first-order chi connectivity index (χ1) is 14.0. The van der Waals surface area contributed by atoms with Crippen molar-refractivity contribution in [3.63, 3.8) is 0 Å². The molecule has 8 heteroatoms. The molecule has 2 N–H and O–H groups in total. The molecule has 1 aromatic rings. The lowest BCUT2D eigenvalue weighted by molar-refractivity contribution is -0.112. The summed E-state index contributed by atoms with van der Waals surface area (Å²) in [7, 11) is 0. The number of rotatable bonds is 3. The lowest BCUT2D eigenvalue weighted by Crippen LogP contribution is -2.57. The SMILES string of the molecule is C[C@@H]1CCO[C@H]2Cn3cc(C(=O)NCC4CCCCCC4)c(=O)c(O)c3C(=O)N12. The highest BCUT2D eigenvalue weighted by Crippen LogP contribution is 2.29. The molecule has 2 atom stereocenters. The van der Waals surface area contributed by atoms with Gasteiger partial charge in [0.25, 0.3) is 11.8 Å². The van der Waals surface area contributed by atoms with Crippen molar-refractivity contribution in [2.75, 3.05) is 13.2 Å². The summed E-state index contributed by atoms with van der Waals surface area (Å²) in [6.07, 6.45) is 8.60. The van der Waals surface area contributed by atoms with Crippen molar-refractivity contribution in [1.29, 1.82) is 0 Å². The van der Waals surface area contributed by atoms with E-state index in [2.05, 4.69) is 5.32 Å². The molecule has 0 bridgehead atoms. The first kappa shape index (κ1) is 19.9. The molecule has 2 aliphatic heterocycles. The van der Waals surface area contributed by atoms with Crippen LogP contribution >= 0.6 is 0 Å². The van der Waals surface area contributed by atoms with Gasteiger partial charge in [0.2, 0.25) is 5.43 Å². The summed E-state index contributed by atoms with van der Waals surface area (Å²) in [4.78, 5) is 39.8. The second-order valence-corrected chi connectivity index (χ2v) is 8.46. The summed E-state index contributed by atoms with van der Waals surface area (Å²) < 4.78 is 7.20. The maximum atomic E-state index is 12.9. The largest absolute Gasteiger partial charge is 0.503 e. The van der Waals surface area contributed by atoms with Crippen molar-refractivity contribution in [3.8, 4) is 5.75 Å². The fourth-order valence-corrected chi connectivity index (χ4v) is 4.72. The van der Waals surface area contributed by atoms with E-state index in [1.165, 1.54) is 36.4 Å². The highest BCUT2D eigenvalue weighted by molar-refractivity contribution is 5.99. The number of pyridine rings is 1. The Balaban J connectivity index is 1.57. The molecule has 0 aromatic carbocycles. The van der Waals surface area contributed by atoms with Crippen LogP contribution in [0.4, 0.5) is 0 Å². The van der Waals surface area contributed by atoms with Gasteiger partial charge in [0.05, 0.1) is 13.2 Å². The highest BCUT2D eigenvalue weighted by atomic mass is 16.5. The monoisotopic (exact) mass is 403 g/mol. The van der Waals surface area contributed by atoms with E-state index in [9.17, 15) is 19.5 Å². The first-order valence-corrected chi connectivity index (χ1v) is 10.7. The zero-order valence-electron chi connectivity index (χ0n) is 16.9. The Kier molecular flexibility index (Phi) is 5.63. The fraction of sp³-hybridized carbons (Fsp3) is 0.667. The van der Waals surface area contributed by atoms with Crippen LogP contribution in [-0.4, -0.2) is 51.8 Å². The van der Waals surface area contributed by atoms with E-state index >= 15 is 0 Å². The minimum Gasteiger partial charge on any atom is -0.503 e. The third-order valence-corrected chi connectivity index (χ3v) is 6.45. The van der Waals surface area contributed by atoms with Crippen molar-refractivity contribution in [2.24, 2.45) is 5.92 Å². The summed E-state index contributed by atoms with van der Waals surface area (Å²) in [5, 5.41) is 13.3. The van der Waals surface area contributed by atoms with Gasteiger partial charge in [-0.2, -0.15) is 0 Å². The van der Waals surface area contributed by atoms with Crippen LogP contribution in [0.5, 0.6) is 5.75 Å². The number of nitrogens with zero attached hydrogens (tertiary/aromatic N) is 2. The number of carbonyl (C=O) groups is 2. The molecule has 0 spiro atoms. The number of hydrogen-bond acceptors (Lipinski definition) is 5. The lowest BCUT2D eigenvalue weighted by Gasteiger charge is -2.44. The number of aromatic hydroxyl groups is 1. The standard InChI is InChI=1S/C21H29N3O5/c1-13-8-9-29-16-12-23-11-15(18(25)19(26)17(23)21(28)24(13)16)20(27)22-10-14-6-4-2-3-5-7-14/h11,13-14,16,26H,2-10,12H2,1H3,(H,22,27)/t13-,16+/m1/s1. The van der Waals surface area contributed by atoms with Crippen LogP contribution in [0.3, 0.4) is 0 Å². The van der Waals surface area contributed by atoms with Crippen molar-refractivity contribution in [2.45, 2.75) is 70.7 Å². The third kappa shape index (κ3) is 3.77. The molecule has 29 heavy (non-hydrogen) atoms. The number of amides is 2. The first-order valence-electron chi connectivity index (χ1n) is 10.7. The van der Waals surface area contributed by atoms with Gasteiger partial charge < -0.3 is 24.6 Å². The molecule has 1 aliphatic carbocycles. The molecule has 1 saturated carbocycles. The fourth-order valence-electron chi connectivity index (χ4n) is 4.72. The van der Waals surface area contributed by atoms with E-state index in [-0.39, 0.29) is 23.8 Å². The van der Waals surface area contributed by atoms with Gasteiger partial charge in [-0.05, 0) is 32.1 Å². The van der Waals surface area contributed by atoms with Gasteiger partial charge in [-0.3, -0.25) is 14.4 Å². The lowest BCUT2D eigenvalue weighted by atomic mass is 10.0. The minimum absolute atomic E-state index is 0.0351. The van der Waals surface area contributed by atoms with Crippen LogP contribution in [0, 0.1) is 5.92 Å². The normalized spacial score (nSPS) is 25.1. The highest BCUT2D eigenvalue weighted by Gasteiger charge is 2.41. The van der Waals surface area contributed by atoms with Crippen LogP contribution in [-0.2, 0) is 11.3 Å². The topological polar surface area (TPSA) is 101 Å². The second-order valence-electron chi connectivity index (χ2n) is 8.46. The molecule has 1 saturated heterocycles. The number of aromatic nitrogens is 1. The third-order valence-electron chi connectivity index (χ3n) is 6.45. The van der Waals surface area contributed by atoms with Crippen LogP contribution in [0.15, 0.2) is 11.0 Å². The van der Waals surface area contributed by atoms with Crippen LogP contribution in [0.25, 0.3) is 0 Å². The summed E-state index contributed by atoms with van der Waals surface area (Å²) in [6, 6.07) is -0.0351. The molecule has 0 unspecified atom stereocenters. The molecule has 1 aromatic heterocycles. The number of fused-ring (bicyclic) bond motifs is 2. The smallest absolute Gasteiger partial charge is 0.276 e. The predicted molar refractivity (Wildman–Crippen MR) is 106 cm³/mol. The van der Waals surface area contributed by atoms with Crippen molar-refractivity contribution in [1.82, 2.24) is 14.8 Å². The van der Waals surface area contributed by atoms with Gasteiger partial charge in [0, 0.05) is 18.8 Å². The Bertz CT molecular complexity index is 857. The van der Waals surface area contributed by atoms with Crippen LogP contribution in [0.2, 0.25) is 0 Å². The molecular weight excluding hydrogens is 374 g/mol. The van der Waals surface area contributed by atoms with Gasteiger partial charge in [-0.1, -0.05) is 25.7 Å². The van der Waals surface area contributed by atoms with E-state index in [1.807, 2.05) is 6.92 Å². The number of hydrogen-bond donors (Lipinski definition) is 2. The van der Waals surface area contributed by atoms with Crippen LogP contribution in [0.1, 0.15) is 72.7 Å². The number of ether oxygens (including phenoxy) is 1. The minimum atomic E-state index is -0.799. The Morgan fingerprint density at radius 1 is 1.21 bits per heavy atom. The molecule has 158 valence electrons. The molecule has 3 aliphatic rings. The zero-order chi connectivity index (χ0) is 20.5. The number of nitrogens with one attached hydrogen (secondary N) is 1. The summed E-state index contributed by atoms with van der Waals surface area (Å²) in [6.45, 7) is 3.28. The molecule has 3 heterocycles. The summed E-state index contributed by atoms with van der Waals surface area (Å²) in [5.74, 6) is -1.18. The van der Waals surface area contributed by atoms with E-state index in [0.717, 1.165) is 12.8 Å². The van der Waals surface area contributed by atoms with E-state index in [4.69, 9.17) is 4.74 Å². The molecule has 2 fully saturated rings. The second kappa shape index (κ2) is 8.18. The van der Waals surface area contributed by atoms with Gasteiger partial charge in [0.1, 0.15) is 5.56 Å². The molecular formula is C21H29N3O5. The van der Waals surface area contributed by atoms with Gasteiger partial charge in [-0.15, -0.1) is 0 Å². The maximum Gasteiger partial charge on any atom is 0.276 e. The Labute approximate surface area is 169 Å².